The van der Waals surface area contributed by atoms with E-state index in [2.05, 4.69) is 9.97 Å². The van der Waals surface area contributed by atoms with Crippen LogP contribution < -0.4 is 10.7 Å². The number of hydrogen-bond acceptors (Lipinski definition) is 4. The van der Waals surface area contributed by atoms with Crippen molar-refractivity contribution in [2.24, 2.45) is 0 Å². The molecular weight excluding hydrogens is 343 g/mol. The number of nitrogen functional groups attached to an aromatic ring is 1. The zero-order valence-corrected chi connectivity index (χ0v) is 14.2. The lowest BCUT2D eigenvalue weighted by Crippen LogP contribution is -2.34. The first kappa shape index (κ1) is 17.8. The molecule has 8 heteroatoms. The molecule has 3 aromatic rings. The number of nitrogens with two attached hydrogens (primary N) is 1. The van der Waals surface area contributed by atoms with Gasteiger partial charge < -0.3 is 10.7 Å². The van der Waals surface area contributed by atoms with Gasteiger partial charge in [0.25, 0.3) is 0 Å². The highest BCUT2D eigenvalue weighted by Gasteiger charge is 2.25. The lowest BCUT2D eigenvalue weighted by molar-refractivity contribution is 0.468. The number of imidazole rings is 1. The Kier molecular flexibility index (Phi) is 5.11. The maximum atomic E-state index is 14.8. The van der Waals surface area contributed by atoms with Crippen molar-refractivity contribution in [2.45, 2.75) is 19.9 Å². The zero-order chi connectivity index (χ0) is 18.7. The minimum absolute atomic E-state index is 0.181. The minimum atomic E-state index is -1.25. The summed E-state index contributed by atoms with van der Waals surface area (Å²) in [7, 11) is 0. The average Bonchev–Trinajstić information content (AvgIpc) is 3.18. The first-order chi connectivity index (χ1) is 12.5. The molecule has 0 amide bonds. The van der Waals surface area contributed by atoms with Crippen LogP contribution >= 0.6 is 0 Å². The first-order valence-electron chi connectivity index (χ1n) is 8.13. The maximum absolute atomic E-state index is 14.8. The molecule has 2 N–H and O–H groups in total. The van der Waals surface area contributed by atoms with Gasteiger partial charge in [0, 0.05) is 42.5 Å². The molecule has 0 saturated carbocycles. The van der Waals surface area contributed by atoms with E-state index in [-0.39, 0.29) is 17.7 Å². The van der Waals surface area contributed by atoms with Gasteiger partial charge in [0.15, 0.2) is 17.5 Å². The number of benzene rings is 1. The molecular formula is C18H18F3N5. The quantitative estimate of drug-likeness (QED) is 0.539. The molecule has 0 atom stereocenters. The predicted octanol–water partition coefficient (Wildman–Crippen LogP) is 3.49. The van der Waals surface area contributed by atoms with Gasteiger partial charge in [-0.15, -0.1) is 0 Å². The highest BCUT2D eigenvalue weighted by atomic mass is 19.2. The molecule has 0 spiro atoms. The van der Waals surface area contributed by atoms with Crippen LogP contribution in [0.25, 0.3) is 11.1 Å². The molecule has 0 radical (unpaired) electrons. The summed E-state index contributed by atoms with van der Waals surface area (Å²) in [5, 5.41) is 1.65. The molecule has 3 rings (SSSR count). The molecule has 0 aliphatic carbocycles. The largest absolute Gasteiger partial charge is 0.396 e. The molecule has 0 fully saturated rings. The topological polar surface area (TPSA) is 60.0 Å². The van der Waals surface area contributed by atoms with Gasteiger partial charge in [-0.25, -0.2) is 18.2 Å². The molecule has 5 nitrogen and oxygen atoms in total. The fraction of sp³-hybridized carbons (Fsp3) is 0.222. The molecule has 26 heavy (non-hydrogen) atoms. The Hall–Kier alpha value is -3.03. The summed E-state index contributed by atoms with van der Waals surface area (Å²) in [6.07, 6.45) is 8.25. The standard InChI is InChI=1S/C18H18F3N5/c1-2-8-25(26-9-7-24-11-26)10-13-15(19)17(21)14(18(22)16(13)20)12-3-5-23-6-4-12/h3-7,9,11H,2,8,10,22H2,1H3. The van der Waals surface area contributed by atoms with Crippen molar-refractivity contribution in [3.05, 3.63) is 66.3 Å². The van der Waals surface area contributed by atoms with E-state index >= 15 is 0 Å². The summed E-state index contributed by atoms with van der Waals surface area (Å²) in [5.74, 6) is -3.38. The van der Waals surface area contributed by atoms with Crippen molar-refractivity contribution >= 4 is 5.69 Å². The second kappa shape index (κ2) is 7.47. The summed E-state index contributed by atoms with van der Waals surface area (Å²) in [6, 6.07) is 2.89. The maximum Gasteiger partial charge on any atom is 0.169 e. The second-order valence-electron chi connectivity index (χ2n) is 5.78. The van der Waals surface area contributed by atoms with E-state index in [1.165, 1.54) is 30.9 Å². The number of halogens is 3. The number of pyridine rings is 1. The Morgan fingerprint density at radius 3 is 2.38 bits per heavy atom. The molecule has 0 aliphatic heterocycles. The molecule has 0 bridgehead atoms. The van der Waals surface area contributed by atoms with Gasteiger partial charge in [-0.05, 0) is 24.1 Å². The fourth-order valence-electron chi connectivity index (χ4n) is 2.80. The predicted molar refractivity (Wildman–Crippen MR) is 93.3 cm³/mol. The van der Waals surface area contributed by atoms with Crippen molar-refractivity contribution in [2.75, 3.05) is 17.3 Å². The van der Waals surface area contributed by atoms with Crippen LogP contribution in [-0.2, 0) is 6.54 Å². The third kappa shape index (κ3) is 3.22. The first-order valence-corrected chi connectivity index (χ1v) is 8.13. The SMILES string of the molecule is CCCN(Cc1c(F)c(N)c(-c2ccncc2)c(F)c1F)n1ccnc1. The Morgan fingerprint density at radius 1 is 1.04 bits per heavy atom. The molecule has 1 aromatic carbocycles. The number of rotatable bonds is 6. The number of aromatic nitrogens is 3. The van der Waals surface area contributed by atoms with Gasteiger partial charge in [-0.2, -0.15) is 0 Å². The summed E-state index contributed by atoms with van der Waals surface area (Å²) in [6.45, 7) is 2.25. The van der Waals surface area contributed by atoms with Crippen LogP contribution in [-0.4, -0.2) is 21.2 Å². The van der Waals surface area contributed by atoms with Gasteiger partial charge in [-0.1, -0.05) is 6.92 Å². The van der Waals surface area contributed by atoms with Crippen molar-refractivity contribution < 1.29 is 13.2 Å². The Labute approximate surface area is 148 Å². The van der Waals surface area contributed by atoms with E-state index in [0.717, 1.165) is 6.42 Å². The molecule has 2 aromatic heterocycles. The van der Waals surface area contributed by atoms with Crippen LogP contribution in [0.2, 0.25) is 0 Å². The van der Waals surface area contributed by atoms with E-state index in [1.54, 1.807) is 22.1 Å². The summed E-state index contributed by atoms with van der Waals surface area (Å²) >= 11 is 0. The number of anilines is 1. The smallest absolute Gasteiger partial charge is 0.169 e. The van der Waals surface area contributed by atoms with E-state index in [4.69, 9.17) is 5.73 Å². The second-order valence-corrected chi connectivity index (χ2v) is 5.78. The van der Waals surface area contributed by atoms with Crippen molar-refractivity contribution in [3.8, 4) is 11.1 Å². The Morgan fingerprint density at radius 2 is 1.77 bits per heavy atom. The third-order valence-electron chi connectivity index (χ3n) is 4.06. The van der Waals surface area contributed by atoms with Gasteiger partial charge in [0.05, 0.1) is 12.2 Å². The van der Waals surface area contributed by atoms with Crippen LogP contribution in [0.5, 0.6) is 0 Å². The van der Waals surface area contributed by atoms with Crippen LogP contribution in [0, 0.1) is 17.5 Å². The molecule has 2 heterocycles. The highest BCUT2D eigenvalue weighted by Crippen LogP contribution is 2.35. The zero-order valence-electron chi connectivity index (χ0n) is 14.2. The van der Waals surface area contributed by atoms with Crippen molar-refractivity contribution in [1.82, 2.24) is 14.6 Å². The van der Waals surface area contributed by atoms with E-state index < -0.39 is 28.7 Å². The molecule has 0 saturated heterocycles. The lowest BCUT2D eigenvalue weighted by Gasteiger charge is -2.26. The number of nitrogens with zero attached hydrogens (tertiary/aromatic N) is 4. The molecule has 136 valence electrons. The van der Waals surface area contributed by atoms with Crippen molar-refractivity contribution in [1.29, 1.82) is 0 Å². The number of hydrogen-bond donors (Lipinski definition) is 1. The average molecular weight is 361 g/mol. The van der Waals surface area contributed by atoms with Crippen LogP contribution in [0.4, 0.5) is 18.9 Å². The summed E-state index contributed by atoms with van der Waals surface area (Å²) < 4.78 is 45.8. The summed E-state index contributed by atoms with van der Waals surface area (Å²) in [4.78, 5) is 7.74. The molecule has 0 aliphatic rings. The van der Waals surface area contributed by atoms with Gasteiger partial charge in [-0.3, -0.25) is 9.66 Å². The Bertz CT molecular complexity index is 853. The third-order valence-corrected chi connectivity index (χ3v) is 4.06. The fourth-order valence-corrected chi connectivity index (χ4v) is 2.80. The van der Waals surface area contributed by atoms with Gasteiger partial charge >= 0.3 is 0 Å². The van der Waals surface area contributed by atoms with Crippen LogP contribution in [0.3, 0.4) is 0 Å². The van der Waals surface area contributed by atoms with Gasteiger partial charge in [0.2, 0.25) is 0 Å². The lowest BCUT2D eigenvalue weighted by atomic mass is 10.00. The summed E-state index contributed by atoms with van der Waals surface area (Å²) in [5.41, 5.74) is 4.94. The monoisotopic (exact) mass is 361 g/mol. The highest BCUT2D eigenvalue weighted by molar-refractivity contribution is 5.78. The van der Waals surface area contributed by atoms with Crippen molar-refractivity contribution in [3.63, 3.8) is 0 Å². The molecule has 0 unspecified atom stereocenters. The van der Waals surface area contributed by atoms with E-state index in [0.29, 0.717) is 6.54 Å². The van der Waals surface area contributed by atoms with E-state index in [9.17, 15) is 13.2 Å². The Balaban J connectivity index is 2.06. The van der Waals surface area contributed by atoms with Gasteiger partial charge in [0.1, 0.15) is 6.33 Å². The van der Waals surface area contributed by atoms with E-state index in [1.807, 2.05) is 6.92 Å². The normalized spacial score (nSPS) is 10.9. The minimum Gasteiger partial charge on any atom is -0.396 e. The van der Waals surface area contributed by atoms with Crippen LogP contribution in [0.1, 0.15) is 18.9 Å². The van der Waals surface area contributed by atoms with Crippen LogP contribution in [0.15, 0.2) is 43.2 Å².